The summed E-state index contributed by atoms with van der Waals surface area (Å²) in [6.45, 7) is 0.618. The number of para-hydroxylation sites is 2. The molecule has 0 spiro atoms. The SMILES string of the molecule is O=C(NC(=S)NNC(=O)C1CCCCC1)c1ccccc1OCCOc1ccccc1. The van der Waals surface area contributed by atoms with Crippen LogP contribution in [0.25, 0.3) is 0 Å². The molecular weight excluding hydrogens is 414 g/mol. The van der Waals surface area contributed by atoms with Crippen molar-refractivity contribution in [2.45, 2.75) is 32.1 Å². The van der Waals surface area contributed by atoms with Gasteiger partial charge in [0.1, 0.15) is 24.7 Å². The highest BCUT2D eigenvalue weighted by Crippen LogP contribution is 2.23. The molecule has 1 fully saturated rings. The quantitative estimate of drug-likeness (QED) is 0.347. The zero-order valence-corrected chi connectivity index (χ0v) is 18.1. The molecule has 1 saturated carbocycles. The number of benzene rings is 2. The molecule has 0 unspecified atom stereocenters. The molecule has 0 radical (unpaired) electrons. The first kappa shape index (κ1) is 22.6. The van der Waals surface area contributed by atoms with Gasteiger partial charge in [0.2, 0.25) is 5.91 Å². The zero-order valence-electron chi connectivity index (χ0n) is 17.3. The molecule has 1 aliphatic rings. The van der Waals surface area contributed by atoms with E-state index in [1.807, 2.05) is 30.3 Å². The molecule has 0 saturated heterocycles. The zero-order chi connectivity index (χ0) is 21.9. The van der Waals surface area contributed by atoms with E-state index in [2.05, 4.69) is 16.2 Å². The van der Waals surface area contributed by atoms with Crippen LogP contribution >= 0.6 is 12.2 Å². The third-order valence-corrected chi connectivity index (χ3v) is 5.19. The maximum absolute atomic E-state index is 12.6. The predicted octanol–water partition coefficient (Wildman–Crippen LogP) is 3.36. The molecule has 31 heavy (non-hydrogen) atoms. The summed E-state index contributed by atoms with van der Waals surface area (Å²) in [5.74, 6) is 0.643. The van der Waals surface area contributed by atoms with Crippen molar-refractivity contribution in [2.75, 3.05) is 13.2 Å². The molecule has 3 rings (SSSR count). The number of hydrazine groups is 1. The second-order valence-electron chi connectivity index (χ2n) is 7.24. The summed E-state index contributed by atoms with van der Waals surface area (Å²) in [4.78, 5) is 24.8. The first-order valence-electron chi connectivity index (χ1n) is 10.4. The monoisotopic (exact) mass is 441 g/mol. The minimum atomic E-state index is -0.427. The van der Waals surface area contributed by atoms with Crippen LogP contribution in [-0.2, 0) is 4.79 Å². The lowest BCUT2D eigenvalue weighted by Gasteiger charge is -2.21. The van der Waals surface area contributed by atoms with Crippen LogP contribution in [0.15, 0.2) is 54.6 Å². The molecule has 3 N–H and O–H groups in total. The average Bonchev–Trinajstić information content (AvgIpc) is 2.81. The lowest BCUT2D eigenvalue weighted by molar-refractivity contribution is -0.126. The Morgan fingerprint density at radius 1 is 0.871 bits per heavy atom. The second-order valence-corrected chi connectivity index (χ2v) is 7.65. The molecular formula is C23H27N3O4S. The van der Waals surface area contributed by atoms with Gasteiger partial charge in [-0.15, -0.1) is 0 Å². The Labute approximate surface area is 187 Å². The van der Waals surface area contributed by atoms with Crippen molar-refractivity contribution in [3.05, 3.63) is 60.2 Å². The van der Waals surface area contributed by atoms with E-state index in [1.165, 1.54) is 6.42 Å². The van der Waals surface area contributed by atoms with E-state index in [4.69, 9.17) is 21.7 Å². The van der Waals surface area contributed by atoms with E-state index >= 15 is 0 Å². The average molecular weight is 442 g/mol. The van der Waals surface area contributed by atoms with E-state index in [-0.39, 0.29) is 23.5 Å². The minimum absolute atomic E-state index is 0.00742. The van der Waals surface area contributed by atoms with Crippen molar-refractivity contribution in [3.8, 4) is 11.5 Å². The van der Waals surface area contributed by atoms with Crippen LogP contribution < -0.4 is 25.6 Å². The van der Waals surface area contributed by atoms with Crippen LogP contribution in [-0.4, -0.2) is 30.1 Å². The molecule has 164 valence electrons. The van der Waals surface area contributed by atoms with Crippen molar-refractivity contribution in [1.82, 2.24) is 16.2 Å². The van der Waals surface area contributed by atoms with E-state index in [9.17, 15) is 9.59 Å². The molecule has 0 aliphatic heterocycles. The van der Waals surface area contributed by atoms with Gasteiger partial charge in [-0.1, -0.05) is 49.6 Å². The Morgan fingerprint density at radius 3 is 2.32 bits per heavy atom. The summed E-state index contributed by atoms with van der Waals surface area (Å²) in [7, 11) is 0. The maximum Gasteiger partial charge on any atom is 0.261 e. The first-order chi connectivity index (χ1) is 15.1. The van der Waals surface area contributed by atoms with Crippen molar-refractivity contribution < 1.29 is 19.1 Å². The highest BCUT2D eigenvalue weighted by molar-refractivity contribution is 7.80. The Bertz CT molecular complexity index is 885. The van der Waals surface area contributed by atoms with Gasteiger partial charge < -0.3 is 9.47 Å². The van der Waals surface area contributed by atoms with Gasteiger partial charge >= 0.3 is 0 Å². The smallest absolute Gasteiger partial charge is 0.261 e. The van der Waals surface area contributed by atoms with Crippen LogP contribution in [0.2, 0.25) is 0 Å². The number of nitrogens with one attached hydrogen (secondary N) is 3. The van der Waals surface area contributed by atoms with Gasteiger partial charge in [0.25, 0.3) is 5.91 Å². The Balaban J connectivity index is 1.45. The fourth-order valence-electron chi connectivity index (χ4n) is 3.39. The van der Waals surface area contributed by atoms with E-state index in [1.54, 1.807) is 24.3 Å². The summed E-state index contributed by atoms with van der Waals surface area (Å²) in [6, 6.07) is 16.3. The summed E-state index contributed by atoms with van der Waals surface area (Å²) in [5, 5.41) is 2.59. The normalized spacial score (nSPS) is 13.7. The molecule has 0 heterocycles. The lowest BCUT2D eigenvalue weighted by atomic mass is 9.89. The Hall–Kier alpha value is -3.13. The van der Waals surface area contributed by atoms with E-state index in [0.29, 0.717) is 17.9 Å². The highest BCUT2D eigenvalue weighted by Gasteiger charge is 2.21. The summed E-state index contributed by atoms with van der Waals surface area (Å²) in [5.41, 5.74) is 5.54. The van der Waals surface area contributed by atoms with Gasteiger partial charge in [-0.05, 0) is 49.3 Å². The lowest BCUT2D eigenvalue weighted by Crippen LogP contribution is -2.50. The van der Waals surface area contributed by atoms with Crippen molar-refractivity contribution in [2.24, 2.45) is 5.92 Å². The molecule has 2 aromatic rings. The minimum Gasteiger partial charge on any atom is -0.490 e. The third kappa shape index (κ3) is 7.25. The molecule has 8 heteroatoms. The number of hydrogen-bond acceptors (Lipinski definition) is 5. The van der Waals surface area contributed by atoms with Crippen LogP contribution in [0.5, 0.6) is 11.5 Å². The maximum atomic E-state index is 12.6. The van der Waals surface area contributed by atoms with Gasteiger partial charge in [0.05, 0.1) is 5.56 Å². The number of carbonyl (C=O) groups excluding carboxylic acids is 2. The van der Waals surface area contributed by atoms with Crippen molar-refractivity contribution >= 4 is 29.1 Å². The fraction of sp³-hybridized carbons (Fsp3) is 0.348. The Kier molecular flexibility index (Phi) is 8.66. The molecule has 1 aliphatic carbocycles. The van der Waals surface area contributed by atoms with Gasteiger partial charge in [-0.25, -0.2) is 0 Å². The Morgan fingerprint density at radius 2 is 1.55 bits per heavy atom. The summed E-state index contributed by atoms with van der Waals surface area (Å²) >= 11 is 5.14. The molecule has 7 nitrogen and oxygen atoms in total. The topological polar surface area (TPSA) is 88.7 Å². The second kappa shape index (κ2) is 11.9. The van der Waals surface area contributed by atoms with Gasteiger partial charge in [0.15, 0.2) is 5.11 Å². The number of carbonyl (C=O) groups is 2. The van der Waals surface area contributed by atoms with Crippen LogP contribution in [0.1, 0.15) is 42.5 Å². The van der Waals surface area contributed by atoms with Crippen LogP contribution in [0, 0.1) is 5.92 Å². The fourth-order valence-corrected chi connectivity index (χ4v) is 3.54. The van der Waals surface area contributed by atoms with Gasteiger partial charge in [-0.3, -0.25) is 25.8 Å². The molecule has 2 amide bonds. The van der Waals surface area contributed by atoms with Crippen LogP contribution in [0.4, 0.5) is 0 Å². The number of thiocarbonyl (C=S) groups is 1. The number of rotatable bonds is 7. The largest absolute Gasteiger partial charge is 0.490 e. The summed E-state index contributed by atoms with van der Waals surface area (Å²) < 4.78 is 11.3. The highest BCUT2D eigenvalue weighted by atomic mass is 32.1. The number of ether oxygens (including phenoxy) is 2. The molecule has 0 atom stereocenters. The number of hydrogen-bond donors (Lipinski definition) is 3. The van der Waals surface area contributed by atoms with Gasteiger partial charge in [-0.2, -0.15) is 0 Å². The summed E-state index contributed by atoms with van der Waals surface area (Å²) in [6.07, 6.45) is 5.06. The first-order valence-corrected chi connectivity index (χ1v) is 10.8. The van der Waals surface area contributed by atoms with Gasteiger partial charge in [0, 0.05) is 5.92 Å². The molecule has 0 aromatic heterocycles. The van der Waals surface area contributed by atoms with E-state index < -0.39 is 5.91 Å². The number of amides is 2. The van der Waals surface area contributed by atoms with Crippen LogP contribution in [0.3, 0.4) is 0 Å². The third-order valence-electron chi connectivity index (χ3n) is 4.99. The van der Waals surface area contributed by atoms with Crippen molar-refractivity contribution in [3.63, 3.8) is 0 Å². The van der Waals surface area contributed by atoms with E-state index in [0.717, 1.165) is 31.4 Å². The standard InChI is InChI=1S/C23H27N3O4S/c27-21(17-9-3-1-4-10-17)25-26-23(31)24-22(28)19-13-7-8-14-20(19)30-16-15-29-18-11-5-2-6-12-18/h2,5-8,11-14,17H,1,3-4,9-10,15-16H2,(H,25,27)(H2,24,26,28,31). The van der Waals surface area contributed by atoms with Crippen molar-refractivity contribution in [1.29, 1.82) is 0 Å². The predicted molar refractivity (Wildman–Crippen MR) is 122 cm³/mol. The molecule has 2 aromatic carbocycles. The molecule has 0 bridgehead atoms.